The number of hydrogen-bond donors (Lipinski definition) is 2. The van der Waals surface area contributed by atoms with E-state index < -0.39 is 0 Å². The van der Waals surface area contributed by atoms with Crippen LogP contribution in [0.25, 0.3) is 10.6 Å². The standard InChI is InChI=1S/C4H8N2S4.2Zn/c7-3(8)5-1-2-6-4(9)10;;/h1-2H2,(H4,5,6,7,8,9,10);;/p-2. The van der Waals surface area contributed by atoms with Crippen molar-refractivity contribution in [3.63, 3.8) is 0 Å². The molecule has 0 aromatic rings. The molecule has 0 aromatic carbocycles. The third kappa shape index (κ3) is 17.7. The average molecular weight is 341 g/mol. The molecular formula is C4H6N2S4Zn2-2. The molecule has 0 radical (unpaired) electrons. The third-order valence-corrected chi connectivity index (χ3v) is 1.14. The van der Waals surface area contributed by atoms with E-state index in [4.69, 9.17) is 0 Å². The van der Waals surface area contributed by atoms with Gasteiger partial charge in [0, 0.05) is 39.0 Å². The fourth-order valence-corrected chi connectivity index (χ4v) is 0.674. The maximum atomic E-state index is 4.58. The molecule has 0 aliphatic heterocycles. The monoisotopic (exact) mass is 338 g/mol. The third-order valence-electron chi connectivity index (χ3n) is 0.594. The maximum absolute atomic E-state index is 4.58. The summed E-state index contributed by atoms with van der Waals surface area (Å²) >= 11 is 16.7. The van der Waals surface area contributed by atoms with E-state index in [2.05, 4.69) is 60.3 Å². The first-order valence-electron chi connectivity index (χ1n) is 2.44. The van der Waals surface area contributed by atoms with Crippen LogP contribution in [-0.2, 0) is 39.0 Å². The van der Waals surface area contributed by atoms with Crippen molar-refractivity contribution in [2.75, 3.05) is 13.1 Å². The SMILES string of the molecule is S=C(S)[N-]CC[N-]C(=S)S.[Zn].[Zn]. The second-order valence-corrected chi connectivity index (χ2v) is 3.55. The minimum atomic E-state index is 0. The van der Waals surface area contributed by atoms with E-state index in [9.17, 15) is 0 Å². The molecule has 0 aliphatic carbocycles. The Morgan fingerprint density at radius 2 is 1.17 bits per heavy atom. The molecular weight excluding hydrogens is 335 g/mol. The van der Waals surface area contributed by atoms with Crippen molar-refractivity contribution in [2.45, 2.75) is 0 Å². The topological polar surface area (TPSA) is 28.2 Å². The van der Waals surface area contributed by atoms with Crippen LogP contribution in [0.2, 0.25) is 0 Å². The molecule has 0 aliphatic rings. The zero-order valence-electron chi connectivity index (χ0n) is 6.43. The van der Waals surface area contributed by atoms with Gasteiger partial charge in [-0.05, 0) is 8.64 Å². The fraction of sp³-hybridized carbons (Fsp3) is 0.500. The van der Waals surface area contributed by atoms with E-state index in [-0.39, 0.29) is 39.0 Å². The Hall–Kier alpha value is 1.73. The molecule has 0 amide bonds. The molecule has 0 N–H and O–H groups in total. The first-order chi connectivity index (χ1) is 4.63. The second kappa shape index (κ2) is 12.7. The number of nitrogens with zero attached hydrogens (tertiary/aromatic N) is 2. The number of rotatable bonds is 3. The summed E-state index contributed by atoms with van der Waals surface area (Å²) in [6.45, 7) is 1.06. The molecule has 0 unspecified atom stereocenters. The van der Waals surface area contributed by atoms with Crippen LogP contribution in [-0.4, -0.2) is 21.7 Å². The number of thiocarbonyl (C=S) groups is 2. The van der Waals surface area contributed by atoms with Crippen molar-refractivity contribution in [1.29, 1.82) is 0 Å². The van der Waals surface area contributed by atoms with Crippen molar-refractivity contribution in [2.24, 2.45) is 0 Å². The fourth-order valence-electron chi connectivity index (χ4n) is 0.291. The first-order valence-corrected chi connectivity index (χ1v) is 4.15. The van der Waals surface area contributed by atoms with Gasteiger partial charge in [-0.2, -0.15) is 25.3 Å². The van der Waals surface area contributed by atoms with Crippen LogP contribution in [0.15, 0.2) is 0 Å². The smallest absolute Gasteiger partial charge is 0 e. The van der Waals surface area contributed by atoms with Crippen LogP contribution in [0.1, 0.15) is 0 Å². The molecule has 0 rings (SSSR count). The molecule has 2 nitrogen and oxygen atoms in total. The van der Waals surface area contributed by atoms with Gasteiger partial charge >= 0.3 is 0 Å². The second-order valence-electron chi connectivity index (χ2n) is 1.33. The van der Waals surface area contributed by atoms with Gasteiger partial charge in [0.25, 0.3) is 0 Å². The quantitative estimate of drug-likeness (QED) is 0.356. The Bertz CT molecular complexity index is 127. The van der Waals surface area contributed by atoms with Crippen molar-refractivity contribution in [1.82, 2.24) is 0 Å². The number of thiol groups is 2. The summed E-state index contributed by atoms with van der Waals surface area (Å²) in [5, 5.41) is 7.61. The van der Waals surface area contributed by atoms with Crippen LogP contribution in [0, 0.1) is 0 Å². The molecule has 0 saturated carbocycles. The zero-order chi connectivity index (χ0) is 7.98. The largest absolute Gasteiger partial charge is 0.671 e. The Kier molecular flexibility index (Phi) is 20.5. The molecule has 0 atom stereocenters. The minimum Gasteiger partial charge on any atom is -0.671 e. The molecule has 0 saturated heterocycles. The summed E-state index contributed by atoms with van der Waals surface area (Å²) in [5.41, 5.74) is 0. The summed E-state index contributed by atoms with van der Waals surface area (Å²) in [6.07, 6.45) is 0. The number of hydrogen-bond acceptors (Lipinski definition) is 2. The Morgan fingerprint density at radius 1 is 0.917 bits per heavy atom. The normalized spacial score (nSPS) is 7.17. The van der Waals surface area contributed by atoms with Gasteiger partial charge < -0.3 is 10.6 Å². The van der Waals surface area contributed by atoms with E-state index in [1.54, 1.807) is 0 Å². The van der Waals surface area contributed by atoms with Crippen LogP contribution < -0.4 is 0 Å². The molecule has 0 spiro atoms. The summed E-state index contributed by atoms with van der Waals surface area (Å²) in [7, 11) is 0. The van der Waals surface area contributed by atoms with Crippen LogP contribution in [0.3, 0.4) is 0 Å². The van der Waals surface area contributed by atoms with Gasteiger partial charge in [0.15, 0.2) is 0 Å². The van der Waals surface area contributed by atoms with Crippen molar-refractivity contribution in [3.8, 4) is 0 Å². The van der Waals surface area contributed by atoms with Crippen molar-refractivity contribution in [3.05, 3.63) is 10.6 Å². The zero-order valence-corrected chi connectivity index (χ0v) is 15.8. The predicted octanol–water partition coefficient (Wildman–Crippen LogP) is 2.16. The summed E-state index contributed by atoms with van der Waals surface area (Å²) < 4.78 is 0.695. The van der Waals surface area contributed by atoms with Gasteiger partial charge in [0.1, 0.15) is 0 Å². The van der Waals surface area contributed by atoms with E-state index in [0.717, 1.165) is 0 Å². The van der Waals surface area contributed by atoms with Gasteiger partial charge in [0.2, 0.25) is 0 Å². The molecule has 62 valence electrons. The van der Waals surface area contributed by atoms with Crippen LogP contribution in [0.5, 0.6) is 0 Å². The molecule has 12 heavy (non-hydrogen) atoms. The van der Waals surface area contributed by atoms with E-state index in [1.807, 2.05) is 0 Å². The maximum Gasteiger partial charge on any atom is 0 e. The van der Waals surface area contributed by atoms with Crippen LogP contribution >= 0.6 is 49.7 Å². The van der Waals surface area contributed by atoms with Crippen LogP contribution in [0.4, 0.5) is 0 Å². The summed E-state index contributed by atoms with van der Waals surface area (Å²) in [6, 6.07) is 0. The average Bonchev–Trinajstić information content (AvgIpc) is 1.79. The molecule has 0 fully saturated rings. The molecule has 8 heteroatoms. The summed E-state index contributed by atoms with van der Waals surface area (Å²) in [5.74, 6) is 0. The van der Waals surface area contributed by atoms with Crippen molar-refractivity contribution >= 4 is 58.3 Å². The van der Waals surface area contributed by atoms with Gasteiger partial charge in [-0.25, -0.2) is 0 Å². The first kappa shape index (κ1) is 19.3. The molecule has 0 aromatic heterocycles. The Morgan fingerprint density at radius 3 is 1.33 bits per heavy atom. The Labute approximate surface area is 120 Å². The van der Waals surface area contributed by atoms with Gasteiger partial charge in [-0.3, -0.25) is 0 Å². The van der Waals surface area contributed by atoms with E-state index in [0.29, 0.717) is 21.7 Å². The summed E-state index contributed by atoms with van der Waals surface area (Å²) in [4.78, 5) is 0. The predicted molar refractivity (Wildman–Crippen MR) is 59.6 cm³/mol. The van der Waals surface area contributed by atoms with Crippen molar-refractivity contribution < 1.29 is 39.0 Å². The minimum absolute atomic E-state index is 0. The van der Waals surface area contributed by atoms with Gasteiger partial charge in [0.05, 0.1) is 0 Å². The van der Waals surface area contributed by atoms with Gasteiger partial charge in [-0.1, -0.05) is 24.4 Å². The Balaban J connectivity index is -0.000000405. The van der Waals surface area contributed by atoms with E-state index >= 15 is 0 Å². The molecule has 0 heterocycles. The molecule has 0 bridgehead atoms. The van der Waals surface area contributed by atoms with Gasteiger partial charge in [-0.15, -0.1) is 13.1 Å². The van der Waals surface area contributed by atoms with E-state index in [1.165, 1.54) is 0 Å².